The van der Waals surface area contributed by atoms with Crippen molar-refractivity contribution in [3.63, 3.8) is 0 Å². The molecule has 0 aliphatic heterocycles. The Hall–Kier alpha value is -4.78. The minimum atomic E-state index is -3.76. The third-order valence-electron chi connectivity index (χ3n) is 8.74. The molecule has 6 aromatic rings. The molecule has 52 heavy (non-hydrogen) atoms. The van der Waals surface area contributed by atoms with Crippen LogP contribution in [-0.4, -0.2) is 46.0 Å². The number of carboxylic acid groups (broad SMARTS) is 1. The molecule has 1 unspecified atom stereocenters. The lowest BCUT2D eigenvalue weighted by molar-refractivity contribution is 0.0696. The molecule has 2 N–H and O–H groups in total. The first-order valence-corrected chi connectivity index (χ1v) is 19.8. The molecule has 0 fully saturated rings. The molecule has 1 atom stereocenters. The van der Waals surface area contributed by atoms with E-state index in [1.54, 1.807) is 36.4 Å². The highest BCUT2D eigenvalue weighted by atomic mass is 35.5. The van der Waals surface area contributed by atoms with E-state index in [0.29, 0.717) is 34.7 Å². The number of carboxylic acids is 1. The van der Waals surface area contributed by atoms with Crippen LogP contribution in [0.2, 0.25) is 5.02 Å². The Morgan fingerprint density at radius 2 is 1.46 bits per heavy atom. The molecule has 6 rings (SSSR count). The number of nitrogens with one attached hydrogen (secondary N) is 1. The summed E-state index contributed by atoms with van der Waals surface area (Å²) < 4.78 is 59.9. The van der Waals surface area contributed by atoms with Crippen molar-refractivity contribution in [2.45, 2.75) is 30.4 Å². The summed E-state index contributed by atoms with van der Waals surface area (Å²) in [5, 5.41) is 10.8. The number of hydrogen-bond donors (Lipinski definition) is 2. The molecule has 0 spiro atoms. The molecule has 0 saturated heterocycles. The molecule has 0 aliphatic rings. The fraction of sp³-hybridized carbons (Fsp3) is 0.175. The van der Waals surface area contributed by atoms with Gasteiger partial charge in [-0.15, -0.1) is 0 Å². The average molecular weight is 756 g/mol. The standard InChI is InChI=1S/C40H37ClN2O7S2/c41-33-17-20-37-36(25-33)35(22-24-50-34-18-15-32(16-19-34)40(44)45)38(43(37)39(30-7-3-1-4-8-30)31-9-5-2-6-10-31)21-23-42-52(48,49)27-29-13-11-28(12-14-29)26-51(46)47/h1-20,25,39,42H,21-24,26-27H2,(H,44,45)(H,46,47)/p-1. The van der Waals surface area contributed by atoms with Crippen LogP contribution in [-0.2, 0) is 45.5 Å². The van der Waals surface area contributed by atoms with Crippen molar-refractivity contribution in [1.29, 1.82) is 0 Å². The van der Waals surface area contributed by atoms with Gasteiger partial charge in [-0.05, 0) is 70.3 Å². The van der Waals surface area contributed by atoms with Crippen molar-refractivity contribution in [2.24, 2.45) is 0 Å². The van der Waals surface area contributed by atoms with Crippen molar-refractivity contribution in [2.75, 3.05) is 13.2 Å². The van der Waals surface area contributed by atoms with Crippen LogP contribution in [0.1, 0.15) is 49.9 Å². The van der Waals surface area contributed by atoms with Gasteiger partial charge in [0.05, 0.1) is 24.0 Å². The molecule has 1 aromatic heterocycles. The van der Waals surface area contributed by atoms with Crippen LogP contribution in [0.4, 0.5) is 0 Å². The number of aromatic nitrogens is 1. The zero-order valence-electron chi connectivity index (χ0n) is 28.0. The van der Waals surface area contributed by atoms with E-state index >= 15 is 0 Å². The molecule has 12 heteroatoms. The second-order valence-corrected chi connectivity index (χ2v) is 15.4. The molecule has 0 radical (unpaired) electrons. The van der Waals surface area contributed by atoms with Crippen molar-refractivity contribution in [1.82, 2.24) is 9.29 Å². The normalized spacial score (nSPS) is 12.3. The summed E-state index contributed by atoms with van der Waals surface area (Å²) in [4.78, 5) is 11.3. The van der Waals surface area contributed by atoms with Crippen LogP contribution < -0.4 is 9.46 Å². The summed E-state index contributed by atoms with van der Waals surface area (Å²) >= 11 is 4.36. The van der Waals surface area contributed by atoms with Crippen molar-refractivity contribution in [3.05, 3.63) is 171 Å². The quantitative estimate of drug-likeness (QED) is 0.0990. The van der Waals surface area contributed by atoms with Crippen molar-refractivity contribution >= 4 is 49.6 Å². The van der Waals surface area contributed by atoms with Crippen molar-refractivity contribution in [3.8, 4) is 5.75 Å². The highest BCUT2D eigenvalue weighted by molar-refractivity contribution is 7.88. The van der Waals surface area contributed by atoms with E-state index in [1.807, 2.05) is 54.6 Å². The first-order valence-electron chi connectivity index (χ1n) is 16.6. The number of benzene rings is 5. The van der Waals surface area contributed by atoms with Crippen LogP contribution >= 0.6 is 11.6 Å². The van der Waals surface area contributed by atoms with E-state index in [9.17, 15) is 27.1 Å². The Balaban J connectivity index is 1.36. The van der Waals surface area contributed by atoms with Crippen LogP contribution in [0.15, 0.2) is 127 Å². The van der Waals surface area contributed by atoms with Gasteiger partial charge in [0.25, 0.3) is 0 Å². The fourth-order valence-electron chi connectivity index (χ4n) is 6.44. The van der Waals surface area contributed by atoms with Gasteiger partial charge in [-0.1, -0.05) is 108 Å². The summed E-state index contributed by atoms with van der Waals surface area (Å²) in [6.45, 7) is 0.383. The molecule has 5 aromatic carbocycles. The van der Waals surface area contributed by atoms with Crippen LogP contribution in [0, 0.1) is 0 Å². The van der Waals surface area contributed by atoms with Gasteiger partial charge in [-0.2, -0.15) is 0 Å². The number of aromatic carboxylic acids is 1. The first kappa shape index (κ1) is 37.0. The largest absolute Gasteiger partial charge is 0.772 e. The van der Waals surface area contributed by atoms with Crippen LogP contribution in [0.5, 0.6) is 5.75 Å². The molecular weight excluding hydrogens is 720 g/mol. The lowest BCUT2D eigenvalue weighted by Gasteiger charge is -2.25. The number of hydrogen-bond acceptors (Lipinski definition) is 6. The molecule has 268 valence electrons. The maximum Gasteiger partial charge on any atom is 0.335 e. The van der Waals surface area contributed by atoms with Gasteiger partial charge in [-0.25, -0.2) is 17.9 Å². The van der Waals surface area contributed by atoms with Gasteiger partial charge < -0.3 is 19.0 Å². The number of ether oxygens (including phenoxy) is 1. The van der Waals surface area contributed by atoms with Crippen LogP contribution in [0.25, 0.3) is 10.9 Å². The number of fused-ring (bicyclic) bond motifs is 1. The van der Waals surface area contributed by atoms with Gasteiger partial charge >= 0.3 is 5.97 Å². The van der Waals surface area contributed by atoms with Gasteiger partial charge in [0.2, 0.25) is 10.0 Å². The predicted molar refractivity (Wildman–Crippen MR) is 203 cm³/mol. The number of sulfonamides is 1. The second kappa shape index (κ2) is 16.7. The van der Waals surface area contributed by atoms with Crippen molar-refractivity contribution < 1.29 is 31.8 Å². The molecule has 0 amide bonds. The summed E-state index contributed by atoms with van der Waals surface area (Å²) in [6.07, 6.45) is 0.808. The smallest absolute Gasteiger partial charge is 0.335 e. The Labute approximate surface area is 310 Å². The van der Waals surface area contributed by atoms with Gasteiger partial charge in [-0.3, -0.25) is 4.21 Å². The summed E-state index contributed by atoms with van der Waals surface area (Å²) in [5.41, 5.74) is 6.19. The number of nitrogens with zero attached hydrogens (tertiary/aromatic N) is 1. The van der Waals surface area contributed by atoms with E-state index in [0.717, 1.165) is 33.3 Å². The monoisotopic (exact) mass is 755 g/mol. The number of halogens is 1. The first-order chi connectivity index (χ1) is 25.1. The maximum atomic E-state index is 13.3. The third kappa shape index (κ3) is 9.17. The minimum absolute atomic E-state index is 0.112. The lowest BCUT2D eigenvalue weighted by atomic mass is 9.97. The minimum Gasteiger partial charge on any atom is -0.772 e. The predicted octanol–water partition coefficient (Wildman–Crippen LogP) is 7.29. The van der Waals surface area contributed by atoms with Gasteiger partial charge in [0, 0.05) is 46.8 Å². The Bertz CT molecular complexity index is 2240. The molecule has 9 nitrogen and oxygen atoms in total. The zero-order valence-corrected chi connectivity index (χ0v) is 30.4. The van der Waals surface area contributed by atoms with Crippen LogP contribution in [0.3, 0.4) is 0 Å². The molecule has 1 heterocycles. The Kier molecular flexibility index (Phi) is 11.9. The number of carbonyl (C=O) groups is 1. The lowest BCUT2D eigenvalue weighted by Crippen LogP contribution is -2.28. The highest BCUT2D eigenvalue weighted by Gasteiger charge is 2.26. The topological polar surface area (TPSA) is 138 Å². The zero-order chi connectivity index (χ0) is 36.7. The summed E-state index contributed by atoms with van der Waals surface area (Å²) in [6, 6.07) is 38.5. The highest BCUT2D eigenvalue weighted by Crippen LogP contribution is 2.38. The van der Waals surface area contributed by atoms with Gasteiger partial charge in [0.1, 0.15) is 5.75 Å². The van der Waals surface area contributed by atoms with E-state index in [-0.39, 0.29) is 36.3 Å². The molecule has 0 saturated carbocycles. The van der Waals surface area contributed by atoms with E-state index in [4.69, 9.17) is 16.3 Å². The molecular formula is C40H36ClN2O7S2-. The average Bonchev–Trinajstić information content (AvgIpc) is 3.41. The molecule has 0 aliphatic carbocycles. The fourth-order valence-corrected chi connectivity index (χ4v) is 8.22. The summed E-state index contributed by atoms with van der Waals surface area (Å²) in [7, 11) is -3.76. The Morgan fingerprint density at radius 1 is 0.846 bits per heavy atom. The van der Waals surface area contributed by atoms with E-state index in [2.05, 4.69) is 33.6 Å². The second-order valence-electron chi connectivity index (χ2n) is 12.3. The molecule has 0 bridgehead atoms. The maximum absolute atomic E-state index is 13.3. The Morgan fingerprint density at radius 3 is 2.06 bits per heavy atom. The number of rotatable bonds is 16. The van der Waals surface area contributed by atoms with E-state index < -0.39 is 27.1 Å². The van der Waals surface area contributed by atoms with E-state index in [1.165, 1.54) is 12.1 Å². The van der Waals surface area contributed by atoms with Gasteiger partial charge in [0.15, 0.2) is 0 Å². The SMILES string of the molecule is O=C(O)c1ccc(OCCc2c(CCNS(=O)(=O)Cc3ccc(CS(=O)[O-])cc3)n(C(c3ccccc3)c3ccccc3)c3ccc(Cl)cc23)cc1. The summed E-state index contributed by atoms with van der Waals surface area (Å²) in [5.74, 6) is -0.885. The third-order valence-corrected chi connectivity index (χ3v) is 10.9.